The van der Waals surface area contributed by atoms with Crippen molar-refractivity contribution in [1.29, 1.82) is 0 Å². The van der Waals surface area contributed by atoms with Gasteiger partial charge in [0.25, 0.3) is 5.91 Å². The third kappa shape index (κ3) is 3.77. The second-order valence-corrected chi connectivity index (χ2v) is 5.90. The zero-order valence-corrected chi connectivity index (χ0v) is 13.9. The van der Waals surface area contributed by atoms with Gasteiger partial charge < -0.3 is 14.8 Å². The van der Waals surface area contributed by atoms with Gasteiger partial charge in [0.2, 0.25) is 5.88 Å². The van der Waals surface area contributed by atoms with E-state index < -0.39 is 5.60 Å². The number of anilines is 1. The molecule has 1 aliphatic rings. The molecule has 5 heteroatoms. The second kappa shape index (κ2) is 7.09. The summed E-state index contributed by atoms with van der Waals surface area (Å²) in [5.74, 6) is 0.803. The topological polar surface area (TPSA) is 60.5 Å². The Morgan fingerprint density at radius 2 is 2.14 bits per heavy atom. The molecule has 1 aromatic rings. The molecule has 0 aromatic carbocycles. The fourth-order valence-corrected chi connectivity index (χ4v) is 2.46. The highest BCUT2D eigenvalue weighted by atomic mass is 16.5. The summed E-state index contributed by atoms with van der Waals surface area (Å²) in [4.78, 5) is 17.0. The molecular formula is C17H26N2O3. The molecular weight excluding hydrogens is 280 g/mol. The summed E-state index contributed by atoms with van der Waals surface area (Å²) < 4.78 is 11.2. The Kier molecular flexibility index (Phi) is 5.40. The second-order valence-electron chi connectivity index (χ2n) is 5.90. The molecule has 1 N–H and O–H groups in total. The summed E-state index contributed by atoms with van der Waals surface area (Å²) in [5, 5.41) is 2.97. The Labute approximate surface area is 132 Å². The van der Waals surface area contributed by atoms with Crippen LogP contribution in [0.25, 0.3) is 0 Å². The van der Waals surface area contributed by atoms with Crippen molar-refractivity contribution in [2.75, 3.05) is 18.5 Å². The van der Waals surface area contributed by atoms with Gasteiger partial charge in [-0.05, 0) is 52.0 Å². The zero-order chi connectivity index (χ0) is 16.2. The van der Waals surface area contributed by atoms with Crippen molar-refractivity contribution in [3.63, 3.8) is 0 Å². The van der Waals surface area contributed by atoms with Crippen LogP contribution in [0.1, 0.15) is 45.7 Å². The summed E-state index contributed by atoms with van der Waals surface area (Å²) in [7, 11) is 0. The number of amides is 1. The number of ether oxygens (including phenoxy) is 2. The number of rotatable bonds is 8. The molecule has 0 aliphatic heterocycles. The summed E-state index contributed by atoms with van der Waals surface area (Å²) in [6.45, 7) is 8.89. The van der Waals surface area contributed by atoms with Crippen LogP contribution in [0.4, 0.5) is 5.69 Å². The van der Waals surface area contributed by atoms with E-state index in [2.05, 4.69) is 10.3 Å². The molecule has 1 fully saturated rings. The third-order valence-corrected chi connectivity index (χ3v) is 4.01. The van der Waals surface area contributed by atoms with E-state index in [0.717, 1.165) is 25.0 Å². The Hall–Kier alpha value is -1.62. The van der Waals surface area contributed by atoms with E-state index in [0.29, 0.717) is 30.7 Å². The minimum Gasteiger partial charge on any atom is -0.478 e. The van der Waals surface area contributed by atoms with Crippen molar-refractivity contribution in [3.8, 4) is 5.88 Å². The van der Waals surface area contributed by atoms with E-state index in [1.807, 2.05) is 33.8 Å². The molecule has 1 aliphatic carbocycles. The predicted molar refractivity (Wildman–Crippen MR) is 86.1 cm³/mol. The van der Waals surface area contributed by atoms with Gasteiger partial charge in [-0.3, -0.25) is 4.79 Å². The minimum absolute atomic E-state index is 0.0856. The Morgan fingerprint density at radius 3 is 2.68 bits per heavy atom. The smallest absolute Gasteiger partial charge is 0.256 e. The Bertz CT molecular complexity index is 529. The molecule has 1 aromatic heterocycles. The van der Waals surface area contributed by atoms with Crippen molar-refractivity contribution in [2.24, 2.45) is 5.92 Å². The molecule has 1 atom stereocenters. The van der Waals surface area contributed by atoms with Crippen LogP contribution >= 0.6 is 0 Å². The zero-order valence-electron chi connectivity index (χ0n) is 13.9. The van der Waals surface area contributed by atoms with Gasteiger partial charge in [0.05, 0.1) is 18.0 Å². The van der Waals surface area contributed by atoms with E-state index in [9.17, 15) is 4.79 Å². The van der Waals surface area contributed by atoms with E-state index >= 15 is 0 Å². The fourth-order valence-electron chi connectivity index (χ4n) is 2.46. The highest BCUT2D eigenvalue weighted by Crippen LogP contribution is 2.42. The summed E-state index contributed by atoms with van der Waals surface area (Å²) in [6.07, 6.45) is 3.00. The molecule has 5 nitrogen and oxygen atoms in total. The molecule has 1 saturated carbocycles. The summed E-state index contributed by atoms with van der Waals surface area (Å²) in [5.41, 5.74) is 0.703. The largest absolute Gasteiger partial charge is 0.478 e. The van der Waals surface area contributed by atoms with Crippen molar-refractivity contribution < 1.29 is 14.3 Å². The normalized spacial score (nSPS) is 16.9. The van der Waals surface area contributed by atoms with Gasteiger partial charge in [-0.1, -0.05) is 6.92 Å². The molecule has 22 heavy (non-hydrogen) atoms. The Balaban J connectivity index is 2.09. The number of nitrogens with one attached hydrogen (secondary N) is 1. The van der Waals surface area contributed by atoms with Crippen molar-refractivity contribution >= 4 is 11.6 Å². The molecule has 0 spiro atoms. The molecule has 1 heterocycles. The number of pyridine rings is 1. The SMILES string of the molecule is CCCO[C@@](C)(C(=O)Nc1ccc(OCC)nc1C)C1CC1. The maximum atomic E-state index is 12.7. The van der Waals surface area contributed by atoms with Gasteiger partial charge in [-0.15, -0.1) is 0 Å². The minimum atomic E-state index is -0.749. The van der Waals surface area contributed by atoms with Gasteiger partial charge in [-0.25, -0.2) is 4.98 Å². The van der Waals surface area contributed by atoms with Gasteiger partial charge >= 0.3 is 0 Å². The van der Waals surface area contributed by atoms with E-state index in [1.54, 1.807) is 6.07 Å². The molecule has 0 bridgehead atoms. The van der Waals surface area contributed by atoms with Crippen LogP contribution in [0.5, 0.6) is 5.88 Å². The summed E-state index contributed by atoms with van der Waals surface area (Å²) in [6, 6.07) is 3.60. The van der Waals surface area contributed by atoms with Gasteiger partial charge in [-0.2, -0.15) is 0 Å². The van der Waals surface area contributed by atoms with Crippen molar-refractivity contribution in [2.45, 2.75) is 52.6 Å². The van der Waals surface area contributed by atoms with E-state index in [4.69, 9.17) is 9.47 Å². The van der Waals surface area contributed by atoms with Gasteiger partial charge in [0.1, 0.15) is 5.60 Å². The number of hydrogen-bond acceptors (Lipinski definition) is 4. The lowest BCUT2D eigenvalue weighted by Crippen LogP contribution is -2.45. The highest BCUT2D eigenvalue weighted by molar-refractivity contribution is 5.98. The Morgan fingerprint density at radius 1 is 1.41 bits per heavy atom. The highest BCUT2D eigenvalue weighted by Gasteiger charge is 2.48. The van der Waals surface area contributed by atoms with Gasteiger partial charge in [0.15, 0.2) is 0 Å². The maximum absolute atomic E-state index is 12.7. The number of carbonyl (C=O) groups excluding carboxylic acids is 1. The maximum Gasteiger partial charge on any atom is 0.256 e. The van der Waals surface area contributed by atoms with E-state index in [1.165, 1.54) is 0 Å². The van der Waals surface area contributed by atoms with Crippen LogP contribution in [-0.4, -0.2) is 29.7 Å². The summed E-state index contributed by atoms with van der Waals surface area (Å²) >= 11 is 0. The average molecular weight is 306 g/mol. The standard InChI is InChI=1S/C17H26N2O3/c1-5-11-22-17(4,13-7-8-13)16(20)19-14-9-10-15(21-6-2)18-12(14)3/h9-10,13H,5-8,11H2,1-4H3,(H,19,20)/t17-/m1/s1. The predicted octanol–water partition coefficient (Wildman–Crippen LogP) is 3.32. The molecule has 1 amide bonds. The lowest BCUT2D eigenvalue weighted by Gasteiger charge is -2.29. The van der Waals surface area contributed by atoms with Gasteiger partial charge in [0, 0.05) is 12.7 Å². The number of carbonyl (C=O) groups is 1. The van der Waals surface area contributed by atoms with Crippen LogP contribution in [0.15, 0.2) is 12.1 Å². The monoisotopic (exact) mass is 306 g/mol. The van der Waals surface area contributed by atoms with Crippen molar-refractivity contribution in [3.05, 3.63) is 17.8 Å². The molecule has 0 unspecified atom stereocenters. The van der Waals surface area contributed by atoms with E-state index in [-0.39, 0.29) is 5.91 Å². The lowest BCUT2D eigenvalue weighted by atomic mass is 9.98. The first-order valence-electron chi connectivity index (χ1n) is 8.07. The average Bonchev–Trinajstić information content (AvgIpc) is 3.33. The molecule has 0 saturated heterocycles. The van der Waals surface area contributed by atoms with Crippen LogP contribution in [-0.2, 0) is 9.53 Å². The number of aryl methyl sites for hydroxylation is 1. The first-order chi connectivity index (χ1) is 10.5. The van der Waals surface area contributed by atoms with Crippen LogP contribution in [0.2, 0.25) is 0 Å². The molecule has 2 rings (SSSR count). The quantitative estimate of drug-likeness (QED) is 0.800. The number of nitrogens with zero attached hydrogens (tertiary/aromatic N) is 1. The first kappa shape index (κ1) is 16.7. The van der Waals surface area contributed by atoms with Crippen LogP contribution < -0.4 is 10.1 Å². The number of aromatic nitrogens is 1. The molecule has 122 valence electrons. The fraction of sp³-hybridized carbons (Fsp3) is 0.647. The number of hydrogen-bond donors (Lipinski definition) is 1. The molecule has 0 radical (unpaired) electrons. The lowest BCUT2D eigenvalue weighted by molar-refractivity contribution is -0.142. The van der Waals surface area contributed by atoms with Crippen LogP contribution in [0, 0.1) is 12.8 Å². The first-order valence-corrected chi connectivity index (χ1v) is 8.07. The third-order valence-electron chi connectivity index (χ3n) is 4.01. The van der Waals surface area contributed by atoms with Crippen LogP contribution in [0.3, 0.4) is 0 Å². The van der Waals surface area contributed by atoms with Crippen molar-refractivity contribution in [1.82, 2.24) is 4.98 Å².